The Bertz CT molecular complexity index is 855. The number of rotatable bonds is 5. The highest BCUT2D eigenvalue weighted by atomic mass is 16.1. The third-order valence-corrected chi connectivity index (χ3v) is 4.61. The van der Waals surface area contributed by atoms with Crippen molar-refractivity contribution in [2.75, 3.05) is 5.32 Å². The van der Waals surface area contributed by atoms with E-state index in [4.69, 9.17) is 0 Å². The van der Waals surface area contributed by atoms with Crippen LogP contribution in [0.5, 0.6) is 0 Å². The summed E-state index contributed by atoms with van der Waals surface area (Å²) >= 11 is 0. The maximum absolute atomic E-state index is 13.0. The Labute approximate surface area is 149 Å². The Balaban J connectivity index is 1.94. The van der Waals surface area contributed by atoms with Crippen LogP contribution in [-0.2, 0) is 0 Å². The van der Waals surface area contributed by atoms with Crippen LogP contribution in [0.2, 0.25) is 0 Å². The summed E-state index contributed by atoms with van der Waals surface area (Å²) in [7, 11) is 0. The standard InChI is InChI=1S/C23H23NO/c1-3-17(2)19-13-9-10-16-22(19)24-23(25)21-15-8-7-14-20(21)18-11-5-4-6-12-18/h4-17H,3H2,1-2H3,(H,24,25)/t17-/m0/s1. The third kappa shape index (κ3) is 3.80. The van der Waals surface area contributed by atoms with Crippen LogP contribution in [0.15, 0.2) is 78.9 Å². The summed E-state index contributed by atoms with van der Waals surface area (Å²) in [5, 5.41) is 3.11. The second-order valence-corrected chi connectivity index (χ2v) is 6.26. The van der Waals surface area contributed by atoms with Crippen LogP contribution in [0.3, 0.4) is 0 Å². The molecule has 0 aliphatic rings. The lowest BCUT2D eigenvalue weighted by Crippen LogP contribution is -2.15. The van der Waals surface area contributed by atoms with E-state index in [2.05, 4.69) is 25.2 Å². The molecule has 0 aliphatic carbocycles. The molecule has 25 heavy (non-hydrogen) atoms. The summed E-state index contributed by atoms with van der Waals surface area (Å²) in [5.41, 5.74) is 4.75. The van der Waals surface area contributed by atoms with Gasteiger partial charge in [-0.15, -0.1) is 0 Å². The zero-order chi connectivity index (χ0) is 17.6. The topological polar surface area (TPSA) is 29.1 Å². The number of carbonyl (C=O) groups excluding carboxylic acids is 1. The van der Waals surface area contributed by atoms with Gasteiger partial charge in [-0.3, -0.25) is 4.79 Å². The van der Waals surface area contributed by atoms with Gasteiger partial charge in [0.1, 0.15) is 0 Å². The molecule has 0 heterocycles. The largest absolute Gasteiger partial charge is 0.322 e. The van der Waals surface area contributed by atoms with Gasteiger partial charge in [0, 0.05) is 11.3 Å². The normalized spacial score (nSPS) is 11.8. The van der Waals surface area contributed by atoms with E-state index in [1.807, 2.05) is 72.8 Å². The van der Waals surface area contributed by atoms with Gasteiger partial charge >= 0.3 is 0 Å². The first-order valence-corrected chi connectivity index (χ1v) is 8.75. The number of amides is 1. The molecule has 3 aromatic rings. The predicted octanol–water partition coefficient (Wildman–Crippen LogP) is 6.12. The molecule has 1 atom stereocenters. The van der Waals surface area contributed by atoms with Gasteiger partial charge in [0.15, 0.2) is 0 Å². The fraction of sp³-hybridized carbons (Fsp3) is 0.174. The van der Waals surface area contributed by atoms with Gasteiger partial charge in [-0.25, -0.2) is 0 Å². The summed E-state index contributed by atoms with van der Waals surface area (Å²) in [6.45, 7) is 4.34. The first-order valence-electron chi connectivity index (χ1n) is 8.75. The predicted molar refractivity (Wildman–Crippen MR) is 105 cm³/mol. The van der Waals surface area contributed by atoms with Gasteiger partial charge < -0.3 is 5.32 Å². The molecule has 3 rings (SSSR count). The second-order valence-electron chi connectivity index (χ2n) is 6.26. The number of carbonyl (C=O) groups is 1. The van der Waals surface area contributed by atoms with E-state index in [1.165, 1.54) is 5.56 Å². The van der Waals surface area contributed by atoms with Crippen LogP contribution in [-0.4, -0.2) is 5.91 Å². The van der Waals surface area contributed by atoms with Gasteiger partial charge in [-0.2, -0.15) is 0 Å². The Morgan fingerprint density at radius 2 is 1.52 bits per heavy atom. The van der Waals surface area contributed by atoms with Crippen LogP contribution in [0.25, 0.3) is 11.1 Å². The van der Waals surface area contributed by atoms with E-state index in [1.54, 1.807) is 0 Å². The molecule has 0 aromatic heterocycles. The van der Waals surface area contributed by atoms with E-state index >= 15 is 0 Å². The maximum Gasteiger partial charge on any atom is 0.256 e. The van der Waals surface area contributed by atoms with Crippen LogP contribution < -0.4 is 5.32 Å². The Morgan fingerprint density at radius 3 is 2.28 bits per heavy atom. The van der Waals surface area contributed by atoms with E-state index in [0.717, 1.165) is 23.2 Å². The third-order valence-electron chi connectivity index (χ3n) is 4.61. The van der Waals surface area contributed by atoms with Crippen LogP contribution >= 0.6 is 0 Å². The molecule has 0 unspecified atom stereocenters. The molecular weight excluding hydrogens is 306 g/mol. The number of nitrogens with one attached hydrogen (secondary N) is 1. The van der Waals surface area contributed by atoms with Gasteiger partial charge in [0.25, 0.3) is 5.91 Å². The van der Waals surface area contributed by atoms with Crippen LogP contribution in [0, 0.1) is 0 Å². The molecule has 2 heteroatoms. The van der Waals surface area contributed by atoms with E-state index in [0.29, 0.717) is 11.5 Å². The number of hydrogen-bond acceptors (Lipinski definition) is 1. The molecule has 0 spiro atoms. The summed E-state index contributed by atoms with van der Waals surface area (Å²) in [4.78, 5) is 13.0. The van der Waals surface area contributed by atoms with Crippen molar-refractivity contribution in [2.45, 2.75) is 26.2 Å². The van der Waals surface area contributed by atoms with Gasteiger partial charge in [0.05, 0.1) is 0 Å². The highest BCUT2D eigenvalue weighted by Crippen LogP contribution is 2.28. The molecule has 0 fully saturated rings. The molecule has 2 nitrogen and oxygen atoms in total. The lowest BCUT2D eigenvalue weighted by Gasteiger charge is -2.16. The van der Waals surface area contributed by atoms with Gasteiger partial charge in [-0.1, -0.05) is 80.6 Å². The van der Waals surface area contributed by atoms with E-state index < -0.39 is 0 Å². The molecule has 0 bridgehead atoms. The van der Waals surface area contributed by atoms with Crippen molar-refractivity contribution in [3.63, 3.8) is 0 Å². The summed E-state index contributed by atoms with van der Waals surface area (Å²) < 4.78 is 0. The SMILES string of the molecule is CC[C@H](C)c1ccccc1NC(=O)c1ccccc1-c1ccccc1. The minimum absolute atomic E-state index is 0.0739. The van der Waals surface area contributed by atoms with Crippen molar-refractivity contribution >= 4 is 11.6 Å². The average Bonchev–Trinajstić information content (AvgIpc) is 2.68. The van der Waals surface area contributed by atoms with Gasteiger partial charge in [-0.05, 0) is 41.2 Å². The van der Waals surface area contributed by atoms with Crippen LogP contribution in [0.4, 0.5) is 5.69 Å². The van der Waals surface area contributed by atoms with Gasteiger partial charge in [0.2, 0.25) is 0 Å². The van der Waals surface area contributed by atoms with E-state index in [9.17, 15) is 4.79 Å². The maximum atomic E-state index is 13.0. The molecule has 0 saturated carbocycles. The molecule has 0 radical (unpaired) electrons. The number of benzene rings is 3. The Morgan fingerprint density at radius 1 is 0.880 bits per heavy atom. The molecule has 0 saturated heterocycles. The minimum Gasteiger partial charge on any atom is -0.322 e. The molecular formula is C23H23NO. The van der Waals surface area contributed by atoms with Crippen molar-refractivity contribution in [3.8, 4) is 11.1 Å². The first kappa shape index (κ1) is 17.0. The second kappa shape index (κ2) is 7.80. The number of anilines is 1. The number of para-hydroxylation sites is 1. The summed E-state index contributed by atoms with van der Waals surface area (Å²) in [6, 6.07) is 25.8. The number of hydrogen-bond donors (Lipinski definition) is 1. The quantitative estimate of drug-likeness (QED) is 0.600. The summed E-state index contributed by atoms with van der Waals surface area (Å²) in [5.74, 6) is 0.330. The Hall–Kier alpha value is -2.87. The zero-order valence-corrected chi connectivity index (χ0v) is 14.7. The monoisotopic (exact) mass is 329 g/mol. The molecule has 1 N–H and O–H groups in total. The Kier molecular flexibility index (Phi) is 5.30. The van der Waals surface area contributed by atoms with E-state index in [-0.39, 0.29) is 5.91 Å². The summed E-state index contributed by atoms with van der Waals surface area (Å²) in [6.07, 6.45) is 1.04. The molecule has 126 valence electrons. The zero-order valence-electron chi connectivity index (χ0n) is 14.7. The minimum atomic E-state index is -0.0739. The van der Waals surface area contributed by atoms with Crippen molar-refractivity contribution in [3.05, 3.63) is 90.0 Å². The lowest BCUT2D eigenvalue weighted by molar-refractivity contribution is 0.102. The molecule has 0 aliphatic heterocycles. The van der Waals surface area contributed by atoms with Crippen LogP contribution in [0.1, 0.15) is 42.1 Å². The van der Waals surface area contributed by atoms with Crippen molar-refractivity contribution in [2.24, 2.45) is 0 Å². The van der Waals surface area contributed by atoms with Crippen molar-refractivity contribution in [1.29, 1.82) is 0 Å². The smallest absolute Gasteiger partial charge is 0.256 e. The average molecular weight is 329 g/mol. The fourth-order valence-electron chi connectivity index (χ4n) is 3.00. The molecule has 3 aromatic carbocycles. The molecule has 1 amide bonds. The van der Waals surface area contributed by atoms with Crippen molar-refractivity contribution < 1.29 is 4.79 Å². The highest BCUT2D eigenvalue weighted by Gasteiger charge is 2.15. The lowest BCUT2D eigenvalue weighted by atomic mass is 9.96. The van der Waals surface area contributed by atoms with Crippen molar-refractivity contribution in [1.82, 2.24) is 0 Å². The fourth-order valence-corrected chi connectivity index (χ4v) is 3.00. The first-order chi connectivity index (χ1) is 12.2. The highest BCUT2D eigenvalue weighted by molar-refractivity contribution is 6.09.